The van der Waals surface area contributed by atoms with Gasteiger partial charge in [-0.15, -0.1) is 0 Å². The molecule has 1 saturated carbocycles. The fourth-order valence-electron chi connectivity index (χ4n) is 4.20. The molecular formula is C13H16N2. The number of nitrogens with two attached hydrogens (primary N) is 1. The van der Waals surface area contributed by atoms with Gasteiger partial charge in [-0.05, 0) is 37.5 Å². The van der Waals surface area contributed by atoms with Crippen molar-refractivity contribution in [1.29, 1.82) is 5.26 Å². The molecule has 0 radical (unpaired) electrons. The summed E-state index contributed by atoms with van der Waals surface area (Å²) in [5.41, 5.74) is 8.30. The van der Waals surface area contributed by atoms with Gasteiger partial charge in [0.15, 0.2) is 0 Å². The Hall–Kier alpha value is -1.23. The summed E-state index contributed by atoms with van der Waals surface area (Å²) in [6, 6.07) is 2.39. The molecule has 0 bridgehead atoms. The molecule has 3 rings (SSSR count). The molecule has 0 aromatic carbocycles. The van der Waals surface area contributed by atoms with E-state index in [4.69, 9.17) is 5.73 Å². The molecule has 2 unspecified atom stereocenters. The van der Waals surface area contributed by atoms with E-state index < -0.39 is 0 Å². The lowest BCUT2D eigenvalue weighted by Gasteiger charge is -2.43. The average Bonchev–Trinajstić information content (AvgIpc) is 2.67. The molecule has 2 nitrogen and oxygen atoms in total. The molecule has 0 saturated heterocycles. The van der Waals surface area contributed by atoms with Crippen molar-refractivity contribution in [2.75, 3.05) is 0 Å². The van der Waals surface area contributed by atoms with E-state index in [0.29, 0.717) is 5.41 Å². The lowest BCUT2D eigenvalue weighted by molar-refractivity contribution is 0.130. The number of hydrogen-bond donors (Lipinski definition) is 1. The maximum atomic E-state index is 9.30. The summed E-state index contributed by atoms with van der Waals surface area (Å²) in [4.78, 5) is 0. The Labute approximate surface area is 90.5 Å². The van der Waals surface area contributed by atoms with Gasteiger partial charge < -0.3 is 5.73 Å². The third kappa shape index (κ3) is 0.849. The summed E-state index contributed by atoms with van der Waals surface area (Å²) in [6.45, 7) is 0. The molecule has 0 heterocycles. The minimum atomic E-state index is 0.126. The number of nitrogens with zero attached hydrogens (tertiary/aromatic N) is 1. The summed E-state index contributed by atoms with van der Waals surface area (Å²) in [5, 5.41) is 9.30. The van der Waals surface area contributed by atoms with Gasteiger partial charge in [0.1, 0.15) is 0 Å². The highest BCUT2D eigenvalue weighted by atomic mass is 14.7. The zero-order valence-corrected chi connectivity index (χ0v) is 8.92. The molecule has 0 spiro atoms. The maximum Gasteiger partial charge on any atom is 0.0971 e. The first-order valence-electron chi connectivity index (χ1n) is 5.78. The van der Waals surface area contributed by atoms with E-state index in [9.17, 15) is 5.26 Å². The molecule has 0 aliphatic heterocycles. The molecule has 3 aliphatic rings. The predicted octanol–water partition coefficient (Wildman–Crippen LogP) is 2.63. The van der Waals surface area contributed by atoms with Crippen LogP contribution in [0, 0.1) is 22.2 Å². The van der Waals surface area contributed by atoms with Gasteiger partial charge >= 0.3 is 0 Å². The second-order valence-electron chi connectivity index (χ2n) is 5.28. The van der Waals surface area contributed by atoms with E-state index in [1.54, 1.807) is 0 Å². The largest absolute Gasteiger partial charge is 0.401 e. The lowest BCUT2D eigenvalue weighted by Crippen LogP contribution is -2.36. The number of rotatable bonds is 0. The quantitative estimate of drug-likeness (QED) is 0.611. The molecule has 2 N–H and O–H groups in total. The Kier molecular flexibility index (Phi) is 1.60. The topological polar surface area (TPSA) is 49.8 Å². The van der Waals surface area contributed by atoms with E-state index in [2.05, 4.69) is 18.2 Å². The van der Waals surface area contributed by atoms with Crippen molar-refractivity contribution in [3.05, 3.63) is 23.4 Å². The van der Waals surface area contributed by atoms with Crippen molar-refractivity contribution in [3.63, 3.8) is 0 Å². The van der Waals surface area contributed by atoms with Crippen molar-refractivity contribution in [2.24, 2.45) is 16.6 Å². The second-order valence-corrected chi connectivity index (χ2v) is 5.28. The zero-order chi connectivity index (χ0) is 10.5. The molecule has 78 valence electrons. The van der Waals surface area contributed by atoms with Gasteiger partial charge in [-0.1, -0.05) is 18.6 Å². The number of hydrogen-bond acceptors (Lipinski definition) is 2. The summed E-state index contributed by atoms with van der Waals surface area (Å²) < 4.78 is 0. The molecule has 2 atom stereocenters. The van der Waals surface area contributed by atoms with Crippen molar-refractivity contribution < 1.29 is 0 Å². The van der Waals surface area contributed by atoms with Gasteiger partial charge in [-0.3, -0.25) is 0 Å². The summed E-state index contributed by atoms with van der Waals surface area (Å²) in [6.07, 6.45) is 11.3. The predicted molar refractivity (Wildman–Crippen MR) is 58.5 cm³/mol. The SMILES string of the molecule is N#CC1=C(N)CC23CC=CCC12CCC3. The molecule has 0 aromatic rings. The van der Waals surface area contributed by atoms with Crippen molar-refractivity contribution in [3.8, 4) is 6.07 Å². The van der Waals surface area contributed by atoms with Crippen LogP contribution in [0.15, 0.2) is 23.4 Å². The van der Waals surface area contributed by atoms with E-state index in [0.717, 1.165) is 30.5 Å². The van der Waals surface area contributed by atoms with Gasteiger partial charge in [0, 0.05) is 11.1 Å². The smallest absolute Gasteiger partial charge is 0.0971 e. The molecular weight excluding hydrogens is 184 g/mol. The highest BCUT2D eigenvalue weighted by molar-refractivity contribution is 5.45. The Morgan fingerprint density at radius 3 is 2.87 bits per heavy atom. The average molecular weight is 200 g/mol. The van der Waals surface area contributed by atoms with Crippen LogP contribution >= 0.6 is 0 Å². The molecule has 0 aromatic heterocycles. The Morgan fingerprint density at radius 2 is 2.07 bits per heavy atom. The van der Waals surface area contributed by atoms with Crippen molar-refractivity contribution in [2.45, 2.75) is 38.5 Å². The summed E-state index contributed by atoms with van der Waals surface area (Å²) in [5.74, 6) is 0. The minimum absolute atomic E-state index is 0.126. The van der Waals surface area contributed by atoms with E-state index in [-0.39, 0.29) is 5.41 Å². The second kappa shape index (κ2) is 2.66. The maximum absolute atomic E-state index is 9.30. The van der Waals surface area contributed by atoms with Crippen LogP contribution < -0.4 is 5.73 Å². The van der Waals surface area contributed by atoms with Crippen LogP contribution in [0.2, 0.25) is 0 Å². The van der Waals surface area contributed by atoms with E-state index >= 15 is 0 Å². The Bertz CT molecular complexity index is 413. The highest BCUT2D eigenvalue weighted by Gasteiger charge is 2.60. The summed E-state index contributed by atoms with van der Waals surface area (Å²) >= 11 is 0. The normalized spacial score (nSPS) is 42.6. The number of nitriles is 1. The van der Waals surface area contributed by atoms with E-state index in [1.807, 2.05) is 0 Å². The van der Waals surface area contributed by atoms with Crippen LogP contribution in [0.1, 0.15) is 38.5 Å². The monoisotopic (exact) mass is 200 g/mol. The van der Waals surface area contributed by atoms with Gasteiger partial charge in [-0.2, -0.15) is 5.26 Å². The Balaban J connectivity index is 2.18. The first-order valence-corrected chi connectivity index (χ1v) is 5.78. The third-order valence-corrected chi connectivity index (χ3v) is 4.86. The highest BCUT2D eigenvalue weighted by Crippen LogP contribution is 2.68. The minimum Gasteiger partial charge on any atom is -0.401 e. The van der Waals surface area contributed by atoms with Crippen LogP contribution in [-0.4, -0.2) is 0 Å². The van der Waals surface area contributed by atoms with Crippen LogP contribution in [0.4, 0.5) is 0 Å². The standard InChI is InChI=1S/C13H16N2/c14-9-10-11(15)8-12-4-1-2-6-13(10,12)7-3-5-12/h1-2H,3-8,15H2. The number of allylic oxidation sites excluding steroid dienone is 4. The first kappa shape index (κ1) is 9.03. The van der Waals surface area contributed by atoms with Crippen molar-refractivity contribution >= 4 is 0 Å². The Morgan fingerprint density at radius 1 is 1.27 bits per heavy atom. The molecule has 1 fully saturated rings. The van der Waals surface area contributed by atoms with E-state index in [1.165, 1.54) is 19.3 Å². The van der Waals surface area contributed by atoms with Crippen LogP contribution in [0.5, 0.6) is 0 Å². The van der Waals surface area contributed by atoms with Crippen LogP contribution in [0.3, 0.4) is 0 Å². The molecule has 2 heteroatoms. The van der Waals surface area contributed by atoms with Crippen molar-refractivity contribution in [1.82, 2.24) is 0 Å². The molecule has 3 aliphatic carbocycles. The van der Waals surface area contributed by atoms with Crippen LogP contribution in [0.25, 0.3) is 0 Å². The van der Waals surface area contributed by atoms with Gasteiger partial charge in [0.2, 0.25) is 0 Å². The fraction of sp³-hybridized carbons (Fsp3) is 0.615. The van der Waals surface area contributed by atoms with Gasteiger partial charge in [-0.25, -0.2) is 0 Å². The van der Waals surface area contributed by atoms with Gasteiger partial charge in [0.05, 0.1) is 11.6 Å². The van der Waals surface area contributed by atoms with Crippen LogP contribution in [-0.2, 0) is 0 Å². The molecule has 15 heavy (non-hydrogen) atoms. The van der Waals surface area contributed by atoms with Gasteiger partial charge in [0.25, 0.3) is 0 Å². The molecule has 0 amide bonds. The third-order valence-electron chi connectivity index (χ3n) is 4.86. The fourth-order valence-corrected chi connectivity index (χ4v) is 4.20. The lowest BCUT2D eigenvalue weighted by atomic mass is 9.59. The first-order chi connectivity index (χ1) is 7.24. The summed E-state index contributed by atoms with van der Waals surface area (Å²) in [7, 11) is 0. The zero-order valence-electron chi connectivity index (χ0n) is 8.92.